The first-order valence-corrected chi connectivity index (χ1v) is 5.45. The zero-order chi connectivity index (χ0) is 10.7. The minimum Gasteiger partial charge on any atom is -0.310 e. The quantitative estimate of drug-likeness (QED) is 0.751. The average molecular weight is 203 g/mol. The van der Waals surface area contributed by atoms with Gasteiger partial charge in [0.1, 0.15) is 6.54 Å². The molecule has 1 saturated carbocycles. The van der Waals surface area contributed by atoms with E-state index in [9.17, 15) is 0 Å². The maximum atomic E-state index is 4.33. The molecule has 0 saturated heterocycles. The zero-order valence-corrected chi connectivity index (χ0v) is 9.38. The highest BCUT2D eigenvalue weighted by atomic mass is 15.3. The van der Waals surface area contributed by atoms with E-state index in [0.717, 1.165) is 12.6 Å². The summed E-state index contributed by atoms with van der Waals surface area (Å²) in [6.07, 6.45) is 4.60. The number of aromatic nitrogens is 2. The Labute approximate surface area is 90.9 Å². The SMILES string of the molecule is CC#CCn1ncc(CNC2CC2)c1C. The Morgan fingerprint density at radius 3 is 3.07 bits per heavy atom. The Kier molecular flexibility index (Phi) is 3.08. The molecule has 1 N–H and O–H groups in total. The predicted molar refractivity (Wildman–Crippen MR) is 60.3 cm³/mol. The van der Waals surface area contributed by atoms with Crippen LogP contribution in [0.4, 0.5) is 0 Å². The zero-order valence-electron chi connectivity index (χ0n) is 9.38. The molecule has 0 aliphatic heterocycles. The van der Waals surface area contributed by atoms with Crippen molar-refractivity contribution >= 4 is 0 Å². The summed E-state index contributed by atoms with van der Waals surface area (Å²) in [5.41, 5.74) is 2.52. The molecule has 1 aromatic heterocycles. The van der Waals surface area contributed by atoms with Crippen LogP contribution < -0.4 is 5.32 Å². The molecule has 1 aliphatic rings. The van der Waals surface area contributed by atoms with Crippen molar-refractivity contribution in [2.45, 2.75) is 45.8 Å². The minimum atomic E-state index is 0.700. The fraction of sp³-hybridized carbons (Fsp3) is 0.583. The van der Waals surface area contributed by atoms with Crippen LogP contribution in [0.2, 0.25) is 0 Å². The second-order valence-electron chi connectivity index (χ2n) is 3.99. The molecular formula is C12H17N3. The molecular weight excluding hydrogens is 186 g/mol. The van der Waals surface area contributed by atoms with Gasteiger partial charge in [0.05, 0.1) is 6.20 Å². The first-order valence-electron chi connectivity index (χ1n) is 5.45. The van der Waals surface area contributed by atoms with Crippen LogP contribution >= 0.6 is 0 Å². The number of rotatable bonds is 4. The molecule has 1 aromatic rings. The summed E-state index contributed by atoms with van der Waals surface area (Å²) < 4.78 is 1.96. The highest BCUT2D eigenvalue weighted by Crippen LogP contribution is 2.19. The van der Waals surface area contributed by atoms with Gasteiger partial charge in [-0.15, -0.1) is 5.92 Å². The van der Waals surface area contributed by atoms with E-state index < -0.39 is 0 Å². The van der Waals surface area contributed by atoms with Crippen LogP contribution in [-0.2, 0) is 13.1 Å². The van der Waals surface area contributed by atoms with Crippen LogP contribution in [0.25, 0.3) is 0 Å². The molecule has 0 spiro atoms. The molecule has 1 fully saturated rings. The van der Waals surface area contributed by atoms with E-state index in [1.807, 2.05) is 17.8 Å². The molecule has 0 radical (unpaired) electrons. The summed E-state index contributed by atoms with van der Waals surface area (Å²) >= 11 is 0. The number of hydrogen-bond acceptors (Lipinski definition) is 2. The fourth-order valence-electron chi connectivity index (χ4n) is 1.51. The Morgan fingerprint density at radius 2 is 2.40 bits per heavy atom. The Morgan fingerprint density at radius 1 is 1.60 bits per heavy atom. The normalized spacial score (nSPS) is 14.8. The summed E-state index contributed by atoms with van der Waals surface area (Å²) in [5.74, 6) is 5.91. The molecule has 0 aromatic carbocycles. The largest absolute Gasteiger partial charge is 0.310 e. The van der Waals surface area contributed by atoms with Crippen LogP contribution in [0.1, 0.15) is 31.0 Å². The van der Waals surface area contributed by atoms with E-state index in [0.29, 0.717) is 6.54 Å². The van der Waals surface area contributed by atoms with Crippen LogP contribution in [0.5, 0.6) is 0 Å². The highest BCUT2D eigenvalue weighted by Gasteiger charge is 2.20. The lowest BCUT2D eigenvalue weighted by Crippen LogP contribution is -2.15. The third kappa shape index (κ3) is 2.60. The van der Waals surface area contributed by atoms with Gasteiger partial charge in [0.2, 0.25) is 0 Å². The third-order valence-electron chi connectivity index (χ3n) is 2.77. The van der Waals surface area contributed by atoms with Gasteiger partial charge < -0.3 is 5.32 Å². The molecule has 2 rings (SSSR count). The smallest absolute Gasteiger partial charge is 0.102 e. The first kappa shape index (κ1) is 10.3. The lowest BCUT2D eigenvalue weighted by molar-refractivity contribution is 0.669. The van der Waals surface area contributed by atoms with Gasteiger partial charge in [-0.25, -0.2) is 0 Å². The molecule has 15 heavy (non-hydrogen) atoms. The fourth-order valence-corrected chi connectivity index (χ4v) is 1.51. The molecule has 0 atom stereocenters. The van der Waals surface area contributed by atoms with Gasteiger partial charge in [-0.1, -0.05) is 5.92 Å². The summed E-state index contributed by atoms with van der Waals surface area (Å²) in [6, 6.07) is 0.753. The molecule has 3 heteroatoms. The summed E-state index contributed by atoms with van der Waals surface area (Å²) in [6.45, 7) is 5.60. The van der Waals surface area contributed by atoms with Crippen molar-refractivity contribution in [3.05, 3.63) is 17.5 Å². The van der Waals surface area contributed by atoms with Gasteiger partial charge in [0.25, 0.3) is 0 Å². The molecule has 3 nitrogen and oxygen atoms in total. The second kappa shape index (κ2) is 4.50. The Balaban J connectivity index is 1.97. The van der Waals surface area contributed by atoms with Crippen molar-refractivity contribution in [1.82, 2.24) is 15.1 Å². The average Bonchev–Trinajstić information content (AvgIpc) is 3.00. The van der Waals surface area contributed by atoms with E-state index in [1.54, 1.807) is 0 Å². The summed E-state index contributed by atoms with van der Waals surface area (Å²) in [4.78, 5) is 0. The van der Waals surface area contributed by atoms with E-state index in [-0.39, 0.29) is 0 Å². The summed E-state index contributed by atoms with van der Waals surface area (Å²) in [5, 5.41) is 7.82. The summed E-state index contributed by atoms with van der Waals surface area (Å²) in [7, 11) is 0. The van der Waals surface area contributed by atoms with Crippen molar-refractivity contribution in [2.24, 2.45) is 0 Å². The maximum absolute atomic E-state index is 4.33. The van der Waals surface area contributed by atoms with Crippen molar-refractivity contribution in [2.75, 3.05) is 0 Å². The second-order valence-corrected chi connectivity index (χ2v) is 3.99. The predicted octanol–water partition coefficient (Wildman–Crippen LogP) is 1.47. The van der Waals surface area contributed by atoms with Gasteiger partial charge in [0.15, 0.2) is 0 Å². The Hall–Kier alpha value is -1.27. The third-order valence-corrected chi connectivity index (χ3v) is 2.77. The van der Waals surface area contributed by atoms with Gasteiger partial charge in [-0.3, -0.25) is 4.68 Å². The highest BCUT2D eigenvalue weighted by molar-refractivity contribution is 5.17. The Bertz CT molecular complexity index is 391. The molecule has 1 aliphatic carbocycles. The van der Waals surface area contributed by atoms with E-state index >= 15 is 0 Å². The monoisotopic (exact) mass is 203 g/mol. The molecule has 80 valence electrons. The van der Waals surface area contributed by atoms with Gasteiger partial charge in [-0.05, 0) is 26.7 Å². The molecule has 0 bridgehead atoms. The van der Waals surface area contributed by atoms with Gasteiger partial charge in [0, 0.05) is 23.8 Å². The van der Waals surface area contributed by atoms with Crippen molar-refractivity contribution in [1.29, 1.82) is 0 Å². The van der Waals surface area contributed by atoms with Crippen LogP contribution in [0, 0.1) is 18.8 Å². The number of hydrogen-bond donors (Lipinski definition) is 1. The van der Waals surface area contributed by atoms with Crippen molar-refractivity contribution < 1.29 is 0 Å². The van der Waals surface area contributed by atoms with Gasteiger partial charge in [-0.2, -0.15) is 5.10 Å². The van der Waals surface area contributed by atoms with Crippen LogP contribution in [0.3, 0.4) is 0 Å². The molecule has 0 amide bonds. The number of nitrogens with zero attached hydrogens (tertiary/aromatic N) is 2. The maximum Gasteiger partial charge on any atom is 0.102 e. The van der Waals surface area contributed by atoms with Crippen LogP contribution in [-0.4, -0.2) is 15.8 Å². The lowest BCUT2D eigenvalue weighted by Gasteiger charge is -2.02. The van der Waals surface area contributed by atoms with E-state index in [2.05, 4.69) is 29.2 Å². The minimum absolute atomic E-state index is 0.700. The van der Waals surface area contributed by atoms with E-state index in [4.69, 9.17) is 0 Å². The van der Waals surface area contributed by atoms with Crippen molar-refractivity contribution in [3.63, 3.8) is 0 Å². The lowest BCUT2D eigenvalue weighted by atomic mass is 10.2. The van der Waals surface area contributed by atoms with Crippen LogP contribution in [0.15, 0.2) is 6.20 Å². The van der Waals surface area contributed by atoms with Crippen molar-refractivity contribution in [3.8, 4) is 11.8 Å². The topological polar surface area (TPSA) is 29.9 Å². The number of nitrogens with one attached hydrogen (secondary N) is 1. The standard InChI is InChI=1S/C12H17N3/c1-3-4-7-15-10(2)11(9-14-15)8-13-12-5-6-12/h9,12-13H,5-8H2,1-2H3. The molecule has 1 heterocycles. The molecule has 0 unspecified atom stereocenters. The van der Waals surface area contributed by atoms with Gasteiger partial charge >= 0.3 is 0 Å². The van der Waals surface area contributed by atoms with E-state index in [1.165, 1.54) is 24.1 Å². The first-order chi connectivity index (χ1) is 7.31.